The fourth-order valence-electron chi connectivity index (χ4n) is 1.73. The number of ether oxygens (including phenoxy) is 3. The van der Waals surface area contributed by atoms with Crippen molar-refractivity contribution < 1.29 is 19.3 Å². The second-order valence-electron chi connectivity index (χ2n) is 4.68. The van der Waals surface area contributed by atoms with Crippen LogP contribution in [0.15, 0.2) is 24.3 Å². The molecule has 0 aliphatic rings. The number of aliphatic hydroxyl groups is 1. The van der Waals surface area contributed by atoms with Gasteiger partial charge >= 0.3 is 0 Å². The van der Waals surface area contributed by atoms with Crippen LogP contribution in [0.1, 0.15) is 31.7 Å². The van der Waals surface area contributed by atoms with Crippen LogP contribution in [0.3, 0.4) is 0 Å². The van der Waals surface area contributed by atoms with Crippen molar-refractivity contribution in [1.29, 1.82) is 0 Å². The summed E-state index contributed by atoms with van der Waals surface area (Å²) in [5.74, 6) is 1.46. The monoisotopic (exact) mass is 282 g/mol. The third kappa shape index (κ3) is 6.89. The molecule has 0 saturated heterocycles. The molecule has 20 heavy (non-hydrogen) atoms. The van der Waals surface area contributed by atoms with Crippen molar-refractivity contribution in [2.75, 3.05) is 39.6 Å². The van der Waals surface area contributed by atoms with E-state index in [-0.39, 0.29) is 6.61 Å². The summed E-state index contributed by atoms with van der Waals surface area (Å²) in [6.45, 7) is 6.93. The second-order valence-corrected chi connectivity index (χ2v) is 4.68. The summed E-state index contributed by atoms with van der Waals surface area (Å²) in [4.78, 5) is 0. The van der Waals surface area contributed by atoms with Gasteiger partial charge in [-0.3, -0.25) is 0 Å². The lowest BCUT2D eigenvalue weighted by Crippen LogP contribution is -2.11. The van der Waals surface area contributed by atoms with E-state index in [2.05, 4.69) is 26.0 Å². The first-order chi connectivity index (χ1) is 9.77. The van der Waals surface area contributed by atoms with Crippen molar-refractivity contribution in [2.24, 2.45) is 0 Å². The highest BCUT2D eigenvalue weighted by atomic mass is 16.5. The molecule has 0 fully saturated rings. The number of rotatable bonds is 11. The lowest BCUT2D eigenvalue weighted by molar-refractivity contribution is 0.0247. The van der Waals surface area contributed by atoms with Gasteiger partial charge in [-0.25, -0.2) is 0 Å². The smallest absolute Gasteiger partial charge is 0.119 e. The summed E-state index contributed by atoms with van der Waals surface area (Å²) >= 11 is 0. The minimum atomic E-state index is 0.0513. The highest BCUT2D eigenvalue weighted by Crippen LogP contribution is 2.21. The molecular weight excluding hydrogens is 256 g/mol. The summed E-state index contributed by atoms with van der Waals surface area (Å²) in [6.07, 6.45) is 1.15. The van der Waals surface area contributed by atoms with Crippen molar-refractivity contribution in [1.82, 2.24) is 0 Å². The van der Waals surface area contributed by atoms with E-state index in [0.717, 1.165) is 12.2 Å². The van der Waals surface area contributed by atoms with Crippen LogP contribution in [0.25, 0.3) is 0 Å². The molecule has 1 rings (SSSR count). The summed E-state index contributed by atoms with van der Waals surface area (Å²) < 4.78 is 16.0. The Kier molecular flexibility index (Phi) is 9.04. The maximum Gasteiger partial charge on any atom is 0.119 e. The molecule has 0 amide bonds. The predicted octanol–water partition coefficient (Wildman–Crippen LogP) is 2.60. The van der Waals surface area contributed by atoms with Gasteiger partial charge in [-0.1, -0.05) is 26.0 Å². The van der Waals surface area contributed by atoms with Gasteiger partial charge in [-0.15, -0.1) is 0 Å². The summed E-state index contributed by atoms with van der Waals surface area (Å²) in [6, 6.07) is 8.25. The number of hydrogen-bond donors (Lipinski definition) is 1. The maximum absolute atomic E-state index is 8.52. The van der Waals surface area contributed by atoms with E-state index in [0.29, 0.717) is 39.0 Å². The number of aliphatic hydroxyl groups excluding tert-OH is 1. The van der Waals surface area contributed by atoms with E-state index >= 15 is 0 Å². The molecule has 0 spiro atoms. The molecule has 1 atom stereocenters. The van der Waals surface area contributed by atoms with Gasteiger partial charge in [0.25, 0.3) is 0 Å². The third-order valence-corrected chi connectivity index (χ3v) is 3.17. The Hall–Kier alpha value is -1.10. The molecule has 1 N–H and O–H groups in total. The Bertz CT molecular complexity index is 337. The maximum atomic E-state index is 8.52. The van der Waals surface area contributed by atoms with Gasteiger partial charge in [0, 0.05) is 0 Å². The van der Waals surface area contributed by atoms with E-state index in [1.54, 1.807) is 0 Å². The normalized spacial score (nSPS) is 12.3. The number of benzene rings is 1. The molecule has 0 heterocycles. The van der Waals surface area contributed by atoms with Crippen LogP contribution in [-0.2, 0) is 9.47 Å². The molecule has 114 valence electrons. The molecule has 4 nitrogen and oxygen atoms in total. The van der Waals surface area contributed by atoms with Crippen molar-refractivity contribution in [3.05, 3.63) is 29.8 Å². The van der Waals surface area contributed by atoms with Crippen molar-refractivity contribution in [2.45, 2.75) is 26.2 Å². The van der Waals surface area contributed by atoms with Gasteiger partial charge in [0.05, 0.1) is 33.0 Å². The van der Waals surface area contributed by atoms with Crippen molar-refractivity contribution >= 4 is 0 Å². The largest absolute Gasteiger partial charge is 0.491 e. The molecule has 0 saturated carbocycles. The van der Waals surface area contributed by atoms with E-state index in [9.17, 15) is 0 Å². The topological polar surface area (TPSA) is 47.9 Å². The zero-order chi connectivity index (χ0) is 14.6. The Morgan fingerprint density at radius 3 is 2.15 bits per heavy atom. The molecule has 4 heteroatoms. The average Bonchev–Trinajstić information content (AvgIpc) is 2.50. The van der Waals surface area contributed by atoms with Crippen LogP contribution in [0.5, 0.6) is 5.75 Å². The third-order valence-electron chi connectivity index (χ3n) is 3.17. The highest BCUT2D eigenvalue weighted by Gasteiger charge is 2.02. The fraction of sp³-hybridized carbons (Fsp3) is 0.625. The zero-order valence-corrected chi connectivity index (χ0v) is 12.5. The molecule has 1 aromatic carbocycles. The minimum absolute atomic E-state index is 0.0513. The molecule has 0 radical (unpaired) electrons. The van der Waals surface area contributed by atoms with Crippen molar-refractivity contribution in [3.63, 3.8) is 0 Å². The van der Waals surface area contributed by atoms with Gasteiger partial charge in [0.2, 0.25) is 0 Å². The minimum Gasteiger partial charge on any atom is -0.491 e. The Balaban J connectivity index is 2.10. The van der Waals surface area contributed by atoms with E-state index in [1.807, 2.05) is 12.1 Å². The molecular formula is C16H26O4. The molecule has 0 aliphatic carbocycles. The van der Waals surface area contributed by atoms with Crippen LogP contribution in [0.2, 0.25) is 0 Å². The zero-order valence-electron chi connectivity index (χ0n) is 12.5. The fourth-order valence-corrected chi connectivity index (χ4v) is 1.73. The van der Waals surface area contributed by atoms with Gasteiger partial charge in [-0.05, 0) is 30.0 Å². The lowest BCUT2D eigenvalue weighted by Gasteiger charge is -2.11. The van der Waals surface area contributed by atoms with Crippen LogP contribution >= 0.6 is 0 Å². The first-order valence-corrected chi connectivity index (χ1v) is 7.27. The molecule has 0 bridgehead atoms. The Morgan fingerprint density at radius 2 is 1.55 bits per heavy atom. The summed E-state index contributed by atoms with van der Waals surface area (Å²) in [5.41, 5.74) is 1.34. The number of hydrogen-bond acceptors (Lipinski definition) is 4. The first-order valence-electron chi connectivity index (χ1n) is 7.27. The first kappa shape index (κ1) is 17.0. The summed E-state index contributed by atoms with van der Waals surface area (Å²) in [5, 5.41) is 8.52. The van der Waals surface area contributed by atoms with Gasteiger partial charge in [-0.2, -0.15) is 0 Å². The quantitative estimate of drug-likeness (QED) is 0.634. The van der Waals surface area contributed by atoms with Crippen molar-refractivity contribution in [3.8, 4) is 5.75 Å². The molecule has 0 aromatic heterocycles. The van der Waals surface area contributed by atoms with Gasteiger partial charge in [0.1, 0.15) is 12.4 Å². The Morgan fingerprint density at radius 1 is 0.950 bits per heavy atom. The van der Waals surface area contributed by atoms with Crippen LogP contribution in [0.4, 0.5) is 0 Å². The average molecular weight is 282 g/mol. The van der Waals surface area contributed by atoms with Crippen LogP contribution < -0.4 is 4.74 Å². The molecule has 0 aliphatic heterocycles. The van der Waals surface area contributed by atoms with Gasteiger partial charge < -0.3 is 19.3 Å². The van der Waals surface area contributed by atoms with E-state index in [1.165, 1.54) is 5.56 Å². The van der Waals surface area contributed by atoms with Gasteiger partial charge in [0.15, 0.2) is 0 Å². The highest BCUT2D eigenvalue weighted by molar-refractivity contribution is 5.29. The second kappa shape index (κ2) is 10.7. The molecule has 1 unspecified atom stereocenters. The lowest BCUT2D eigenvalue weighted by atomic mass is 9.99. The van der Waals surface area contributed by atoms with Crippen LogP contribution in [0, 0.1) is 0 Å². The molecule has 1 aromatic rings. The standard InChI is InChI=1S/C16H26O4/c1-3-14(2)15-4-6-16(7-5-15)20-13-12-19-11-10-18-9-8-17/h4-7,14,17H,3,8-13H2,1-2H3. The Labute approximate surface area is 121 Å². The predicted molar refractivity (Wildman–Crippen MR) is 79.4 cm³/mol. The van der Waals surface area contributed by atoms with E-state index < -0.39 is 0 Å². The summed E-state index contributed by atoms with van der Waals surface area (Å²) in [7, 11) is 0. The SMILES string of the molecule is CCC(C)c1ccc(OCCOCCOCCO)cc1. The van der Waals surface area contributed by atoms with E-state index in [4.69, 9.17) is 19.3 Å². The van der Waals surface area contributed by atoms with Crippen LogP contribution in [-0.4, -0.2) is 44.7 Å².